The highest BCUT2D eigenvalue weighted by Crippen LogP contribution is 2.53. The minimum Gasteiger partial charge on any atom is -0.465 e. The molecule has 1 saturated carbocycles. The SMILES string of the molecule is CCC1CCC2[C@H](C)CCCC3C(C)C(Oc4ccc(C(=O)NCc5ccccc5)cc4)OC(O1)[C@]32O. The Morgan fingerprint density at radius 2 is 1.76 bits per heavy atom. The highest BCUT2D eigenvalue weighted by molar-refractivity contribution is 5.94. The second-order valence-electron chi connectivity index (χ2n) is 11.3. The van der Waals surface area contributed by atoms with Crippen LogP contribution in [0.4, 0.5) is 0 Å². The fourth-order valence-electron chi connectivity index (χ4n) is 6.80. The van der Waals surface area contributed by atoms with Gasteiger partial charge in [-0.3, -0.25) is 4.79 Å². The van der Waals surface area contributed by atoms with Crippen LogP contribution in [0.1, 0.15) is 75.2 Å². The number of aliphatic hydroxyl groups is 1. The first-order chi connectivity index (χ1) is 17.9. The number of nitrogens with one attached hydrogen (secondary N) is 1. The molecule has 2 aromatic carbocycles. The molecule has 6 unspecified atom stereocenters. The van der Waals surface area contributed by atoms with E-state index in [1.807, 2.05) is 42.5 Å². The number of carbonyl (C=O) groups excluding carboxylic acids is 1. The molecule has 2 heterocycles. The van der Waals surface area contributed by atoms with Gasteiger partial charge in [0.25, 0.3) is 5.91 Å². The van der Waals surface area contributed by atoms with Gasteiger partial charge in [0, 0.05) is 23.9 Å². The molecular formula is C31H41NO5. The number of rotatable bonds is 6. The van der Waals surface area contributed by atoms with Crippen molar-refractivity contribution >= 4 is 5.91 Å². The maximum atomic E-state index is 12.6. The average molecular weight is 508 g/mol. The van der Waals surface area contributed by atoms with E-state index in [1.165, 1.54) is 0 Å². The molecule has 3 aliphatic rings. The maximum Gasteiger partial charge on any atom is 0.251 e. The zero-order chi connectivity index (χ0) is 26.0. The van der Waals surface area contributed by atoms with Crippen molar-refractivity contribution in [2.45, 2.75) is 90.1 Å². The molecule has 0 bridgehead atoms. The van der Waals surface area contributed by atoms with Crippen LogP contribution in [0.2, 0.25) is 0 Å². The first-order valence-corrected chi connectivity index (χ1v) is 14.0. The standard InChI is InChI=1S/C31H41NO5/c1-4-24-17-18-26-20(2)9-8-12-27-21(3)29(37-30(36-24)31(26,27)34)35-25-15-13-23(14-16-25)28(33)32-19-22-10-6-5-7-11-22/h5-7,10-11,13-16,20-21,24,26-27,29-30,34H,4,8-9,12,17-19H2,1-3H3,(H,32,33)/t20-,21?,24?,26?,27?,29?,30?,31-/m1/s1. The topological polar surface area (TPSA) is 77.0 Å². The van der Waals surface area contributed by atoms with Gasteiger partial charge in [0.2, 0.25) is 6.29 Å². The zero-order valence-electron chi connectivity index (χ0n) is 22.3. The van der Waals surface area contributed by atoms with Crippen molar-refractivity contribution in [3.8, 4) is 5.75 Å². The van der Waals surface area contributed by atoms with Crippen molar-refractivity contribution in [1.82, 2.24) is 5.32 Å². The van der Waals surface area contributed by atoms with Crippen LogP contribution in [0.25, 0.3) is 0 Å². The minimum absolute atomic E-state index is 0.00433. The summed E-state index contributed by atoms with van der Waals surface area (Å²) in [6, 6.07) is 17.0. The smallest absolute Gasteiger partial charge is 0.251 e. The van der Waals surface area contributed by atoms with E-state index in [-0.39, 0.29) is 29.8 Å². The molecule has 2 saturated heterocycles. The molecule has 0 radical (unpaired) electrons. The van der Waals surface area contributed by atoms with Crippen molar-refractivity contribution < 1.29 is 24.1 Å². The van der Waals surface area contributed by atoms with Gasteiger partial charge < -0.3 is 24.6 Å². The lowest BCUT2D eigenvalue weighted by Gasteiger charge is -2.53. The molecule has 2 aliphatic heterocycles. The Morgan fingerprint density at radius 1 is 1.00 bits per heavy atom. The fraction of sp³-hybridized carbons (Fsp3) is 0.581. The summed E-state index contributed by atoms with van der Waals surface area (Å²) in [6.07, 6.45) is 4.84. The van der Waals surface area contributed by atoms with Crippen molar-refractivity contribution in [2.24, 2.45) is 23.7 Å². The predicted molar refractivity (Wildman–Crippen MR) is 142 cm³/mol. The van der Waals surface area contributed by atoms with Crippen molar-refractivity contribution in [2.75, 3.05) is 0 Å². The predicted octanol–water partition coefficient (Wildman–Crippen LogP) is 5.69. The van der Waals surface area contributed by atoms with Crippen LogP contribution in [0.3, 0.4) is 0 Å². The first-order valence-electron chi connectivity index (χ1n) is 14.0. The van der Waals surface area contributed by atoms with Gasteiger partial charge in [-0.25, -0.2) is 0 Å². The third kappa shape index (κ3) is 5.29. The third-order valence-electron chi connectivity index (χ3n) is 8.98. The van der Waals surface area contributed by atoms with Crippen LogP contribution >= 0.6 is 0 Å². The van der Waals surface area contributed by atoms with Gasteiger partial charge in [0.1, 0.15) is 11.4 Å². The summed E-state index contributed by atoms with van der Waals surface area (Å²) in [5.41, 5.74) is 0.633. The van der Waals surface area contributed by atoms with Gasteiger partial charge in [-0.2, -0.15) is 0 Å². The van der Waals surface area contributed by atoms with E-state index in [0.717, 1.165) is 44.1 Å². The Balaban J connectivity index is 1.29. The van der Waals surface area contributed by atoms with E-state index in [2.05, 4.69) is 26.1 Å². The largest absolute Gasteiger partial charge is 0.465 e. The Kier molecular flexibility index (Phi) is 7.89. The van der Waals surface area contributed by atoms with Gasteiger partial charge in [-0.15, -0.1) is 0 Å². The monoisotopic (exact) mass is 507 g/mol. The summed E-state index contributed by atoms with van der Waals surface area (Å²) in [4.78, 5) is 12.6. The van der Waals surface area contributed by atoms with Crippen LogP contribution in [0, 0.1) is 23.7 Å². The Labute approximate surface area is 220 Å². The lowest BCUT2D eigenvalue weighted by Crippen LogP contribution is -2.64. The van der Waals surface area contributed by atoms with Gasteiger partial charge >= 0.3 is 0 Å². The van der Waals surface area contributed by atoms with Gasteiger partial charge in [-0.05, 0) is 67.3 Å². The van der Waals surface area contributed by atoms with Crippen LogP contribution in [-0.4, -0.2) is 35.3 Å². The van der Waals surface area contributed by atoms with E-state index < -0.39 is 18.2 Å². The normalized spacial score (nSPS) is 35.5. The summed E-state index contributed by atoms with van der Waals surface area (Å²) < 4.78 is 19.2. The molecule has 37 heavy (non-hydrogen) atoms. The van der Waals surface area contributed by atoms with E-state index in [9.17, 15) is 9.90 Å². The molecule has 8 atom stereocenters. The molecule has 6 nitrogen and oxygen atoms in total. The molecular weight excluding hydrogens is 466 g/mol. The Bertz CT molecular complexity index is 1040. The molecule has 0 spiro atoms. The molecule has 6 heteroatoms. The minimum atomic E-state index is -1.00. The Morgan fingerprint density at radius 3 is 2.49 bits per heavy atom. The molecule has 2 aromatic rings. The molecule has 1 aliphatic carbocycles. The number of carbonyl (C=O) groups is 1. The van der Waals surface area contributed by atoms with E-state index in [1.54, 1.807) is 12.1 Å². The van der Waals surface area contributed by atoms with E-state index >= 15 is 0 Å². The molecule has 5 rings (SSSR count). The van der Waals surface area contributed by atoms with Crippen LogP contribution < -0.4 is 10.1 Å². The van der Waals surface area contributed by atoms with Crippen LogP contribution in [0.5, 0.6) is 5.75 Å². The number of hydrogen-bond acceptors (Lipinski definition) is 5. The highest BCUT2D eigenvalue weighted by atomic mass is 16.8. The third-order valence-corrected chi connectivity index (χ3v) is 8.98. The second-order valence-corrected chi connectivity index (χ2v) is 11.3. The number of amides is 1. The second kappa shape index (κ2) is 11.1. The molecule has 1 amide bonds. The molecule has 2 N–H and O–H groups in total. The lowest BCUT2D eigenvalue weighted by atomic mass is 9.65. The summed E-state index contributed by atoms with van der Waals surface area (Å²) >= 11 is 0. The summed E-state index contributed by atoms with van der Waals surface area (Å²) in [5, 5.41) is 15.2. The molecule has 3 fully saturated rings. The van der Waals surface area contributed by atoms with Crippen LogP contribution in [-0.2, 0) is 16.0 Å². The highest BCUT2D eigenvalue weighted by Gasteiger charge is 2.61. The van der Waals surface area contributed by atoms with Crippen LogP contribution in [0.15, 0.2) is 54.6 Å². The fourth-order valence-corrected chi connectivity index (χ4v) is 6.80. The zero-order valence-corrected chi connectivity index (χ0v) is 22.3. The van der Waals surface area contributed by atoms with Gasteiger partial charge in [0.05, 0.1) is 6.10 Å². The van der Waals surface area contributed by atoms with Gasteiger partial charge in [-0.1, -0.05) is 63.9 Å². The summed E-state index contributed by atoms with van der Waals surface area (Å²) in [5.74, 6) is 1.17. The van der Waals surface area contributed by atoms with Crippen molar-refractivity contribution in [3.05, 3.63) is 65.7 Å². The summed E-state index contributed by atoms with van der Waals surface area (Å²) in [7, 11) is 0. The van der Waals surface area contributed by atoms with Gasteiger partial charge in [0.15, 0.2) is 6.29 Å². The van der Waals surface area contributed by atoms with Crippen molar-refractivity contribution in [3.63, 3.8) is 0 Å². The summed E-state index contributed by atoms with van der Waals surface area (Å²) in [6.45, 7) is 7.02. The maximum absolute atomic E-state index is 12.6. The average Bonchev–Trinajstić information content (AvgIpc) is 3.14. The quantitative estimate of drug-likeness (QED) is 0.526. The first kappa shape index (κ1) is 26.2. The molecule has 0 aromatic heterocycles. The molecule has 200 valence electrons. The lowest BCUT2D eigenvalue weighted by molar-refractivity contribution is -0.362. The van der Waals surface area contributed by atoms with E-state index in [0.29, 0.717) is 23.8 Å². The number of ether oxygens (including phenoxy) is 3. The Hall–Kier alpha value is -2.41. The number of hydrogen-bond donors (Lipinski definition) is 2. The van der Waals surface area contributed by atoms with E-state index in [4.69, 9.17) is 14.2 Å². The number of benzene rings is 2. The van der Waals surface area contributed by atoms with Crippen molar-refractivity contribution in [1.29, 1.82) is 0 Å².